The maximum atomic E-state index is 12.3. The van der Waals surface area contributed by atoms with Gasteiger partial charge in [0.05, 0.1) is 9.79 Å². The third-order valence-corrected chi connectivity index (χ3v) is 5.83. The lowest BCUT2D eigenvalue weighted by Gasteiger charge is -2.08. The molecule has 0 aliphatic heterocycles. The average molecular weight is 397 g/mol. The summed E-state index contributed by atoms with van der Waals surface area (Å²) in [4.78, 5) is 11.4. The molecule has 0 aromatic heterocycles. The van der Waals surface area contributed by atoms with E-state index in [1.165, 1.54) is 12.1 Å². The Morgan fingerprint density at radius 2 is 1.46 bits per heavy atom. The Morgan fingerprint density at radius 3 is 1.96 bits per heavy atom. The molecule has 140 valence electrons. The van der Waals surface area contributed by atoms with Crippen LogP contribution in [-0.2, 0) is 26.6 Å². The average Bonchev–Trinajstić information content (AvgIpc) is 2.60. The SMILES string of the molecule is CCNC(=O)c1ccc(CNS(=O)(=O)c2ccc(S(N)(=O)=O)cc2)cc1. The van der Waals surface area contributed by atoms with Crippen LogP contribution in [0.5, 0.6) is 0 Å². The van der Waals surface area contributed by atoms with Crippen molar-refractivity contribution in [3.8, 4) is 0 Å². The van der Waals surface area contributed by atoms with Gasteiger partial charge in [-0.15, -0.1) is 0 Å². The van der Waals surface area contributed by atoms with Gasteiger partial charge in [0.15, 0.2) is 0 Å². The molecular weight excluding hydrogens is 378 g/mol. The molecular formula is C16H19N3O5S2. The Bertz CT molecular complexity index is 983. The van der Waals surface area contributed by atoms with Crippen molar-refractivity contribution in [3.05, 3.63) is 59.7 Å². The summed E-state index contributed by atoms with van der Waals surface area (Å²) >= 11 is 0. The van der Waals surface area contributed by atoms with Crippen LogP contribution in [0.2, 0.25) is 0 Å². The van der Waals surface area contributed by atoms with E-state index in [1.54, 1.807) is 24.3 Å². The van der Waals surface area contributed by atoms with Crippen molar-refractivity contribution in [2.75, 3.05) is 6.54 Å². The molecule has 2 aromatic rings. The number of benzene rings is 2. The van der Waals surface area contributed by atoms with E-state index < -0.39 is 20.0 Å². The molecule has 0 atom stereocenters. The Hall–Kier alpha value is -2.27. The Kier molecular flexibility index (Phi) is 6.13. The lowest BCUT2D eigenvalue weighted by molar-refractivity contribution is 0.0956. The summed E-state index contributed by atoms with van der Waals surface area (Å²) in [5.74, 6) is -0.199. The van der Waals surface area contributed by atoms with Gasteiger partial charge >= 0.3 is 0 Å². The zero-order chi connectivity index (χ0) is 19.4. The summed E-state index contributed by atoms with van der Waals surface area (Å²) in [5.41, 5.74) is 1.15. The minimum atomic E-state index is -3.88. The van der Waals surface area contributed by atoms with Crippen LogP contribution in [0.3, 0.4) is 0 Å². The number of primary sulfonamides is 1. The number of hydrogen-bond donors (Lipinski definition) is 3. The summed E-state index contributed by atoms with van der Waals surface area (Å²) in [7, 11) is -7.70. The van der Waals surface area contributed by atoms with Gasteiger partial charge in [0, 0.05) is 18.7 Å². The normalized spacial score (nSPS) is 11.9. The summed E-state index contributed by atoms with van der Waals surface area (Å²) in [6.45, 7) is 2.36. The molecule has 0 aliphatic carbocycles. The first-order valence-corrected chi connectivity index (χ1v) is 10.7. The van der Waals surface area contributed by atoms with E-state index in [2.05, 4.69) is 10.0 Å². The van der Waals surface area contributed by atoms with Gasteiger partial charge in [-0.1, -0.05) is 12.1 Å². The molecule has 0 unspecified atom stereocenters. The Balaban J connectivity index is 2.07. The van der Waals surface area contributed by atoms with Gasteiger partial charge < -0.3 is 5.32 Å². The van der Waals surface area contributed by atoms with Crippen molar-refractivity contribution in [1.82, 2.24) is 10.0 Å². The lowest BCUT2D eigenvalue weighted by Crippen LogP contribution is -2.24. The fraction of sp³-hybridized carbons (Fsp3) is 0.188. The van der Waals surface area contributed by atoms with E-state index in [1.807, 2.05) is 6.92 Å². The van der Waals surface area contributed by atoms with E-state index >= 15 is 0 Å². The molecule has 10 heteroatoms. The lowest BCUT2D eigenvalue weighted by atomic mass is 10.1. The van der Waals surface area contributed by atoms with E-state index in [0.29, 0.717) is 17.7 Å². The fourth-order valence-corrected chi connectivity index (χ4v) is 3.64. The Morgan fingerprint density at radius 1 is 0.923 bits per heavy atom. The van der Waals surface area contributed by atoms with Crippen molar-refractivity contribution < 1.29 is 21.6 Å². The molecule has 0 aliphatic rings. The molecule has 1 amide bonds. The first-order valence-electron chi connectivity index (χ1n) is 7.63. The van der Waals surface area contributed by atoms with Crippen LogP contribution in [0, 0.1) is 0 Å². The number of sulfonamides is 2. The van der Waals surface area contributed by atoms with E-state index in [-0.39, 0.29) is 22.2 Å². The second kappa shape index (κ2) is 7.96. The van der Waals surface area contributed by atoms with Crippen LogP contribution >= 0.6 is 0 Å². The number of rotatable bonds is 7. The topological polar surface area (TPSA) is 135 Å². The fourth-order valence-electron chi connectivity index (χ4n) is 2.11. The minimum absolute atomic E-state index is 0.0228. The third-order valence-electron chi connectivity index (χ3n) is 3.48. The van der Waals surface area contributed by atoms with Gasteiger partial charge in [-0.2, -0.15) is 0 Å². The summed E-state index contributed by atoms with van der Waals surface area (Å²) in [5, 5.41) is 7.65. The summed E-state index contributed by atoms with van der Waals surface area (Å²) in [6.07, 6.45) is 0. The van der Waals surface area contributed by atoms with E-state index in [4.69, 9.17) is 5.14 Å². The molecule has 2 rings (SSSR count). The molecule has 4 N–H and O–H groups in total. The van der Waals surface area contributed by atoms with Crippen LogP contribution in [0.1, 0.15) is 22.8 Å². The maximum absolute atomic E-state index is 12.3. The number of carbonyl (C=O) groups is 1. The largest absolute Gasteiger partial charge is 0.352 e. The second-order valence-corrected chi connectivity index (χ2v) is 8.73. The molecule has 0 radical (unpaired) electrons. The molecule has 0 fully saturated rings. The number of nitrogens with one attached hydrogen (secondary N) is 2. The standard InChI is InChI=1S/C16H19N3O5S2/c1-2-18-16(20)13-5-3-12(4-6-13)11-19-26(23,24)15-9-7-14(8-10-15)25(17,21)22/h3-10,19H,2,11H2,1H3,(H,18,20)(H2,17,21,22). The number of nitrogens with two attached hydrogens (primary N) is 1. The third kappa shape index (κ3) is 5.11. The smallest absolute Gasteiger partial charge is 0.251 e. The molecule has 0 bridgehead atoms. The van der Waals surface area contributed by atoms with Gasteiger partial charge in [-0.3, -0.25) is 4.79 Å². The van der Waals surface area contributed by atoms with Crippen LogP contribution in [-0.4, -0.2) is 29.3 Å². The quantitative estimate of drug-likeness (QED) is 0.627. The van der Waals surface area contributed by atoms with Crippen molar-refractivity contribution in [2.24, 2.45) is 5.14 Å². The van der Waals surface area contributed by atoms with Gasteiger partial charge in [0.25, 0.3) is 5.91 Å². The molecule has 0 heterocycles. The van der Waals surface area contributed by atoms with Gasteiger partial charge in [-0.05, 0) is 48.9 Å². The predicted molar refractivity (Wildman–Crippen MR) is 96.3 cm³/mol. The molecule has 0 spiro atoms. The number of hydrogen-bond acceptors (Lipinski definition) is 5. The highest BCUT2D eigenvalue weighted by molar-refractivity contribution is 7.89. The zero-order valence-electron chi connectivity index (χ0n) is 14.0. The van der Waals surface area contributed by atoms with Gasteiger partial charge in [0.1, 0.15) is 0 Å². The first-order chi connectivity index (χ1) is 12.1. The van der Waals surface area contributed by atoms with Crippen LogP contribution in [0.4, 0.5) is 0 Å². The monoisotopic (exact) mass is 397 g/mol. The van der Waals surface area contributed by atoms with Crippen molar-refractivity contribution >= 4 is 26.0 Å². The molecule has 0 saturated heterocycles. The summed E-state index contributed by atoms with van der Waals surface area (Å²) < 4.78 is 49.4. The van der Waals surface area contributed by atoms with Crippen molar-refractivity contribution in [2.45, 2.75) is 23.3 Å². The minimum Gasteiger partial charge on any atom is -0.352 e. The molecule has 2 aromatic carbocycles. The molecule has 8 nitrogen and oxygen atoms in total. The zero-order valence-corrected chi connectivity index (χ0v) is 15.6. The van der Waals surface area contributed by atoms with E-state index in [9.17, 15) is 21.6 Å². The predicted octanol–water partition coefficient (Wildman–Crippen LogP) is 0.562. The summed E-state index contributed by atoms with van der Waals surface area (Å²) in [6, 6.07) is 11.1. The van der Waals surface area contributed by atoms with Crippen LogP contribution in [0.15, 0.2) is 58.3 Å². The van der Waals surface area contributed by atoms with Crippen molar-refractivity contribution in [3.63, 3.8) is 0 Å². The molecule has 26 heavy (non-hydrogen) atoms. The highest BCUT2D eigenvalue weighted by Crippen LogP contribution is 2.14. The van der Waals surface area contributed by atoms with Crippen molar-refractivity contribution in [1.29, 1.82) is 0 Å². The van der Waals surface area contributed by atoms with Gasteiger partial charge in [-0.25, -0.2) is 26.7 Å². The molecule has 0 saturated carbocycles. The maximum Gasteiger partial charge on any atom is 0.251 e. The van der Waals surface area contributed by atoms with E-state index in [0.717, 1.165) is 12.1 Å². The van der Waals surface area contributed by atoms with Crippen LogP contribution in [0.25, 0.3) is 0 Å². The van der Waals surface area contributed by atoms with Crippen LogP contribution < -0.4 is 15.2 Å². The number of amides is 1. The second-order valence-electron chi connectivity index (χ2n) is 5.40. The first kappa shape index (κ1) is 20.0. The number of carbonyl (C=O) groups excluding carboxylic acids is 1. The van der Waals surface area contributed by atoms with Gasteiger partial charge in [0.2, 0.25) is 20.0 Å². The highest BCUT2D eigenvalue weighted by Gasteiger charge is 2.15. The highest BCUT2D eigenvalue weighted by atomic mass is 32.2. The Labute approximate surface area is 152 Å².